The lowest BCUT2D eigenvalue weighted by atomic mass is 10.3. The molecule has 1 aliphatic rings. The second-order valence-electron chi connectivity index (χ2n) is 2.60. The highest BCUT2D eigenvalue weighted by Gasteiger charge is 2.15. The van der Waals surface area contributed by atoms with E-state index in [1.165, 1.54) is 0 Å². The van der Waals surface area contributed by atoms with Crippen molar-refractivity contribution < 1.29 is 9.53 Å². The minimum Gasteiger partial charge on any atom is -0.367 e. The van der Waals surface area contributed by atoms with Gasteiger partial charge in [0.15, 0.2) is 0 Å². The van der Waals surface area contributed by atoms with E-state index in [0.717, 1.165) is 19.5 Å². The molecule has 11 heavy (non-hydrogen) atoms. The topological polar surface area (TPSA) is 50.4 Å². The maximum absolute atomic E-state index is 10.7. The van der Waals surface area contributed by atoms with Gasteiger partial charge in [0.05, 0.1) is 6.10 Å². The molecule has 4 nitrogen and oxygen atoms in total. The first kappa shape index (κ1) is 8.49. The summed E-state index contributed by atoms with van der Waals surface area (Å²) in [5.74, 6) is -0.0584. The molecule has 0 aliphatic carbocycles. The SMILES string of the molecule is CNC(=O)COC1CCNC1. The minimum atomic E-state index is -0.0584. The normalized spacial score (nSPS) is 23.5. The second-order valence-corrected chi connectivity index (χ2v) is 2.60. The van der Waals surface area contributed by atoms with Crippen molar-refractivity contribution in [3.63, 3.8) is 0 Å². The first-order valence-corrected chi connectivity index (χ1v) is 3.86. The number of amides is 1. The summed E-state index contributed by atoms with van der Waals surface area (Å²) in [6.45, 7) is 2.05. The Labute approximate surface area is 66.3 Å². The van der Waals surface area contributed by atoms with E-state index in [2.05, 4.69) is 10.6 Å². The number of nitrogens with one attached hydrogen (secondary N) is 2. The van der Waals surface area contributed by atoms with Gasteiger partial charge >= 0.3 is 0 Å². The van der Waals surface area contributed by atoms with Crippen molar-refractivity contribution in [2.24, 2.45) is 0 Å². The molecular weight excluding hydrogens is 144 g/mol. The highest BCUT2D eigenvalue weighted by molar-refractivity contribution is 5.76. The molecule has 4 heteroatoms. The summed E-state index contributed by atoms with van der Waals surface area (Å²) in [7, 11) is 1.61. The zero-order valence-corrected chi connectivity index (χ0v) is 6.72. The van der Waals surface area contributed by atoms with Gasteiger partial charge in [0.2, 0.25) is 5.91 Å². The quantitative estimate of drug-likeness (QED) is 0.560. The second kappa shape index (κ2) is 4.31. The third-order valence-corrected chi connectivity index (χ3v) is 1.74. The van der Waals surface area contributed by atoms with Crippen molar-refractivity contribution in [1.29, 1.82) is 0 Å². The number of hydrogen-bond donors (Lipinski definition) is 2. The fourth-order valence-corrected chi connectivity index (χ4v) is 1.04. The van der Waals surface area contributed by atoms with Gasteiger partial charge in [0.25, 0.3) is 0 Å². The number of carbonyl (C=O) groups is 1. The van der Waals surface area contributed by atoms with Crippen LogP contribution in [-0.4, -0.2) is 38.8 Å². The average Bonchev–Trinajstić information content (AvgIpc) is 2.52. The maximum atomic E-state index is 10.7. The van der Waals surface area contributed by atoms with Gasteiger partial charge in [-0.05, 0) is 13.0 Å². The van der Waals surface area contributed by atoms with Crippen LogP contribution in [0.5, 0.6) is 0 Å². The van der Waals surface area contributed by atoms with Crippen LogP contribution in [0.4, 0.5) is 0 Å². The molecule has 0 saturated carbocycles. The zero-order chi connectivity index (χ0) is 8.10. The standard InChI is InChI=1S/C7H14N2O2/c1-8-7(10)5-11-6-2-3-9-4-6/h6,9H,2-5H2,1H3,(H,8,10). The van der Waals surface area contributed by atoms with Crippen molar-refractivity contribution in [2.45, 2.75) is 12.5 Å². The van der Waals surface area contributed by atoms with Crippen LogP contribution in [0.15, 0.2) is 0 Å². The van der Waals surface area contributed by atoms with E-state index in [9.17, 15) is 4.79 Å². The molecule has 0 aromatic heterocycles. The third-order valence-electron chi connectivity index (χ3n) is 1.74. The fraction of sp³-hybridized carbons (Fsp3) is 0.857. The first-order valence-electron chi connectivity index (χ1n) is 3.86. The molecular formula is C7H14N2O2. The smallest absolute Gasteiger partial charge is 0.245 e. The summed E-state index contributed by atoms with van der Waals surface area (Å²) >= 11 is 0. The van der Waals surface area contributed by atoms with Crippen LogP contribution in [0.1, 0.15) is 6.42 Å². The van der Waals surface area contributed by atoms with Gasteiger partial charge in [0, 0.05) is 13.6 Å². The third kappa shape index (κ3) is 2.86. The van der Waals surface area contributed by atoms with Crippen LogP contribution >= 0.6 is 0 Å². The van der Waals surface area contributed by atoms with Crippen molar-refractivity contribution in [3.05, 3.63) is 0 Å². The Morgan fingerprint density at radius 1 is 1.82 bits per heavy atom. The van der Waals surface area contributed by atoms with Crippen LogP contribution in [0, 0.1) is 0 Å². The van der Waals surface area contributed by atoms with Crippen LogP contribution in [0.3, 0.4) is 0 Å². The number of rotatable bonds is 3. The molecule has 1 saturated heterocycles. The summed E-state index contributed by atoms with van der Waals surface area (Å²) in [6.07, 6.45) is 1.24. The van der Waals surface area contributed by atoms with Crippen LogP contribution in [0.2, 0.25) is 0 Å². The summed E-state index contributed by atoms with van der Waals surface area (Å²) in [5.41, 5.74) is 0. The molecule has 0 bridgehead atoms. The predicted molar refractivity (Wildman–Crippen MR) is 41.3 cm³/mol. The zero-order valence-electron chi connectivity index (χ0n) is 6.72. The van der Waals surface area contributed by atoms with Crippen LogP contribution in [-0.2, 0) is 9.53 Å². The van der Waals surface area contributed by atoms with E-state index >= 15 is 0 Å². The van der Waals surface area contributed by atoms with Crippen molar-refractivity contribution in [3.8, 4) is 0 Å². The lowest BCUT2D eigenvalue weighted by Gasteiger charge is -2.08. The molecule has 0 aromatic rings. The molecule has 0 aromatic carbocycles. The van der Waals surface area contributed by atoms with Gasteiger partial charge in [-0.25, -0.2) is 0 Å². The van der Waals surface area contributed by atoms with E-state index in [4.69, 9.17) is 4.74 Å². The van der Waals surface area contributed by atoms with Crippen LogP contribution in [0.25, 0.3) is 0 Å². The van der Waals surface area contributed by atoms with Gasteiger partial charge in [-0.15, -0.1) is 0 Å². The first-order chi connectivity index (χ1) is 5.33. The van der Waals surface area contributed by atoms with Gasteiger partial charge in [-0.1, -0.05) is 0 Å². The lowest BCUT2D eigenvalue weighted by Crippen LogP contribution is -2.27. The van der Waals surface area contributed by atoms with E-state index in [1.807, 2.05) is 0 Å². The Morgan fingerprint density at radius 3 is 3.18 bits per heavy atom. The van der Waals surface area contributed by atoms with E-state index in [0.29, 0.717) is 0 Å². The van der Waals surface area contributed by atoms with Crippen molar-refractivity contribution >= 4 is 5.91 Å². The average molecular weight is 158 g/mol. The minimum absolute atomic E-state index is 0.0584. The van der Waals surface area contributed by atoms with Gasteiger partial charge in [0.1, 0.15) is 6.61 Å². The molecule has 0 radical (unpaired) electrons. The fourth-order valence-electron chi connectivity index (χ4n) is 1.04. The van der Waals surface area contributed by atoms with Gasteiger partial charge in [-0.2, -0.15) is 0 Å². The summed E-state index contributed by atoms with van der Waals surface area (Å²) < 4.78 is 5.28. The summed E-state index contributed by atoms with van der Waals surface area (Å²) in [4.78, 5) is 10.7. The van der Waals surface area contributed by atoms with Gasteiger partial charge in [-0.3, -0.25) is 4.79 Å². The Kier molecular flexibility index (Phi) is 3.32. The highest BCUT2D eigenvalue weighted by atomic mass is 16.5. The molecule has 1 atom stereocenters. The summed E-state index contributed by atoms with van der Waals surface area (Å²) in [6, 6.07) is 0. The van der Waals surface area contributed by atoms with Crippen molar-refractivity contribution in [1.82, 2.24) is 10.6 Å². The monoisotopic (exact) mass is 158 g/mol. The predicted octanol–water partition coefficient (Wildman–Crippen LogP) is -0.889. The Morgan fingerprint density at radius 2 is 2.64 bits per heavy atom. The Bertz CT molecular complexity index is 132. The van der Waals surface area contributed by atoms with Crippen LogP contribution < -0.4 is 10.6 Å². The molecule has 1 heterocycles. The highest BCUT2D eigenvalue weighted by Crippen LogP contribution is 2.01. The number of hydrogen-bond acceptors (Lipinski definition) is 3. The number of carbonyl (C=O) groups excluding carboxylic acids is 1. The summed E-state index contributed by atoms with van der Waals surface area (Å²) in [5, 5.41) is 5.66. The van der Waals surface area contributed by atoms with E-state index in [-0.39, 0.29) is 18.6 Å². The molecule has 1 rings (SSSR count). The molecule has 0 spiro atoms. The maximum Gasteiger partial charge on any atom is 0.245 e. The molecule has 1 unspecified atom stereocenters. The Balaban J connectivity index is 2.06. The molecule has 1 amide bonds. The lowest BCUT2D eigenvalue weighted by molar-refractivity contribution is -0.126. The molecule has 64 valence electrons. The van der Waals surface area contributed by atoms with E-state index < -0.39 is 0 Å². The number of likely N-dealkylation sites (N-methyl/N-ethyl adjacent to an activating group) is 1. The van der Waals surface area contributed by atoms with Gasteiger partial charge < -0.3 is 15.4 Å². The molecule has 2 N–H and O–H groups in total. The van der Waals surface area contributed by atoms with Crippen molar-refractivity contribution in [2.75, 3.05) is 26.7 Å². The van der Waals surface area contributed by atoms with E-state index in [1.54, 1.807) is 7.05 Å². The largest absolute Gasteiger partial charge is 0.367 e. The molecule has 1 aliphatic heterocycles. The molecule has 1 fully saturated rings. The Hall–Kier alpha value is -0.610. The number of ether oxygens (including phenoxy) is 1.